The third-order valence-corrected chi connectivity index (χ3v) is 2.73. The van der Waals surface area contributed by atoms with E-state index >= 15 is 0 Å². The number of anilines is 1. The van der Waals surface area contributed by atoms with Gasteiger partial charge in [-0.3, -0.25) is 19.6 Å². The van der Waals surface area contributed by atoms with E-state index in [4.69, 9.17) is 9.84 Å². The normalized spacial score (nSPS) is 22.9. The first kappa shape index (κ1) is 12.3. The molecule has 9 heteroatoms. The number of aromatic nitrogens is 2. The van der Waals surface area contributed by atoms with Gasteiger partial charge in [-0.1, -0.05) is 0 Å². The van der Waals surface area contributed by atoms with Crippen LogP contribution in [0.5, 0.6) is 0 Å². The molecule has 0 aliphatic carbocycles. The summed E-state index contributed by atoms with van der Waals surface area (Å²) in [7, 11) is 1.55. The molecular formula is C9H12N4O5. The predicted octanol–water partition coefficient (Wildman–Crippen LogP) is -0.160. The average Bonchev–Trinajstić information content (AvgIpc) is 2.85. The first-order chi connectivity index (χ1) is 8.49. The fraction of sp³-hybridized carbons (Fsp3) is 0.556. The highest BCUT2D eigenvalue weighted by atomic mass is 16.6. The molecule has 1 aromatic rings. The standard InChI is InChI=1S/C9H12N4O5/c1-12-2-7(13(16)17)8(11-12)10-6-4-18-3-5(6)9(14)15/h2,5-6H,3-4H2,1H3,(H,10,11)(H,14,15). The highest BCUT2D eigenvalue weighted by molar-refractivity contribution is 5.72. The van der Waals surface area contributed by atoms with Gasteiger partial charge in [0.1, 0.15) is 12.1 Å². The Hall–Kier alpha value is -2.16. The molecule has 2 rings (SSSR count). The van der Waals surface area contributed by atoms with E-state index in [1.54, 1.807) is 7.05 Å². The lowest BCUT2D eigenvalue weighted by molar-refractivity contribution is -0.384. The molecule has 1 aliphatic rings. The molecular weight excluding hydrogens is 244 g/mol. The van der Waals surface area contributed by atoms with Crippen LogP contribution in [0.15, 0.2) is 6.20 Å². The number of rotatable bonds is 4. The zero-order valence-electron chi connectivity index (χ0n) is 9.57. The molecule has 1 saturated heterocycles. The van der Waals surface area contributed by atoms with E-state index in [1.807, 2.05) is 0 Å². The second-order valence-electron chi connectivity index (χ2n) is 4.03. The van der Waals surface area contributed by atoms with Crippen LogP contribution in [0.4, 0.5) is 11.5 Å². The molecule has 1 aromatic heterocycles. The van der Waals surface area contributed by atoms with Crippen molar-refractivity contribution in [3.05, 3.63) is 16.3 Å². The van der Waals surface area contributed by atoms with E-state index in [-0.39, 0.29) is 24.7 Å². The van der Waals surface area contributed by atoms with Crippen molar-refractivity contribution >= 4 is 17.5 Å². The van der Waals surface area contributed by atoms with Gasteiger partial charge in [0.25, 0.3) is 0 Å². The number of nitrogens with zero attached hydrogens (tertiary/aromatic N) is 3. The molecule has 0 bridgehead atoms. The van der Waals surface area contributed by atoms with Crippen molar-refractivity contribution in [2.45, 2.75) is 6.04 Å². The van der Waals surface area contributed by atoms with Gasteiger partial charge in [-0.2, -0.15) is 0 Å². The minimum Gasteiger partial charge on any atom is -0.481 e. The third kappa shape index (κ3) is 2.25. The van der Waals surface area contributed by atoms with Crippen molar-refractivity contribution in [1.29, 1.82) is 0 Å². The van der Waals surface area contributed by atoms with E-state index in [9.17, 15) is 14.9 Å². The highest BCUT2D eigenvalue weighted by Crippen LogP contribution is 2.25. The van der Waals surface area contributed by atoms with Gasteiger partial charge in [-0.05, 0) is 0 Å². The van der Waals surface area contributed by atoms with E-state index in [2.05, 4.69) is 10.4 Å². The second-order valence-corrected chi connectivity index (χ2v) is 4.03. The highest BCUT2D eigenvalue weighted by Gasteiger charge is 2.35. The Kier molecular flexibility index (Phi) is 3.15. The molecule has 2 heterocycles. The predicted molar refractivity (Wildman–Crippen MR) is 59.2 cm³/mol. The maximum absolute atomic E-state index is 10.9. The van der Waals surface area contributed by atoms with E-state index < -0.39 is 22.9 Å². The van der Waals surface area contributed by atoms with Crippen molar-refractivity contribution in [3.8, 4) is 0 Å². The summed E-state index contributed by atoms with van der Waals surface area (Å²) in [6.45, 7) is 0.276. The maximum Gasteiger partial charge on any atom is 0.330 e. The molecule has 0 spiro atoms. The molecule has 2 atom stereocenters. The summed E-state index contributed by atoms with van der Waals surface area (Å²) in [4.78, 5) is 21.2. The Morgan fingerprint density at radius 3 is 3.06 bits per heavy atom. The number of nitro groups is 1. The molecule has 1 aliphatic heterocycles. The van der Waals surface area contributed by atoms with Gasteiger partial charge in [0.05, 0.1) is 24.2 Å². The average molecular weight is 256 g/mol. The smallest absolute Gasteiger partial charge is 0.330 e. The summed E-state index contributed by atoms with van der Waals surface area (Å²) in [5.74, 6) is -1.67. The van der Waals surface area contributed by atoms with E-state index in [0.717, 1.165) is 0 Å². The molecule has 0 amide bonds. The molecule has 98 valence electrons. The lowest BCUT2D eigenvalue weighted by Gasteiger charge is -2.14. The van der Waals surface area contributed by atoms with E-state index in [0.29, 0.717) is 0 Å². The van der Waals surface area contributed by atoms with Crippen molar-refractivity contribution in [1.82, 2.24) is 9.78 Å². The molecule has 1 fully saturated rings. The summed E-state index contributed by atoms with van der Waals surface area (Å²) in [6, 6.07) is -0.518. The van der Waals surface area contributed by atoms with Crippen LogP contribution in [-0.2, 0) is 16.6 Å². The Morgan fingerprint density at radius 2 is 2.44 bits per heavy atom. The molecule has 9 nitrogen and oxygen atoms in total. The zero-order chi connectivity index (χ0) is 13.3. The summed E-state index contributed by atoms with van der Waals surface area (Å²) in [5, 5.41) is 26.4. The van der Waals surface area contributed by atoms with E-state index in [1.165, 1.54) is 10.9 Å². The summed E-state index contributed by atoms with van der Waals surface area (Å²) in [5.41, 5.74) is -0.187. The van der Waals surface area contributed by atoms with Crippen LogP contribution in [0, 0.1) is 16.0 Å². The summed E-state index contributed by atoms with van der Waals surface area (Å²) in [6.07, 6.45) is 1.26. The van der Waals surface area contributed by atoms with Crippen molar-refractivity contribution in [3.63, 3.8) is 0 Å². The Labute approximate surface area is 101 Å². The quantitative estimate of drug-likeness (QED) is 0.567. The number of aliphatic carboxylic acids is 1. The summed E-state index contributed by atoms with van der Waals surface area (Å²) < 4.78 is 6.36. The maximum atomic E-state index is 10.9. The molecule has 0 radical (unpaired) electrons. The van der Waals surface area contributed by atoms with Crippen LogP contribution in [0.1, 0.15) is 0 Å². The van der Waals surface area contributed by atoms with Crippen LogP contribution >= 0.6 is 0 Å². The number of carboxylic acids is 1. The first-order valence-corrected chi connectivity index (χ1v) is 5.24. The topological polar surface area (TPSA) is 120 Å². The fourth-order valence-electron chi connectivity index (χ4n) is 1.83. The van der Waals surface area contributed by atoms with Gasteiger partial charge in [-0.25, -0.2) is 0 Å². The van der Waals surface area contributed by atoms with Gasteiger partial charge < -0.3 is 15.2 Å². The fourth-order valence-corrected chi connectivity index (χ4v) is 1.83. The van der Waals surface area contributed by atoms with Crippen LogP contribution < -0.4 is 5.32 Å². The van der Waals surface area contributed by atoms with Gasteiger partial charge in [-0.15, -0.1) is 5.10 Å². The molecule has 2 N–H and O–H groups in total. The first-order valence-electron chi connectivity index (χ1n) is 5.24. The largest absolute Gasteiger partial charge is 0.481 e. The minimum absolute atomic E-state index is 0.0595. The van der Waals surface area contributed by atoms with Crippen LogP contribution in [0.25, 0.3) is 0 Å². The lowest BCUT2D eigenvalue weighted by atomic mass is 10.0. The monoisotopic (exact) mass is 256 g/mol. The SMILES string of the molecule is Cn1cc([N+](=O)[O-])c(NC2COCC2C(=O)O)n1. The molecule has 0 aromatic carbocycles. The molecule has 0 saturated carbocycles. The number of aryl methyl sites for hydroxylation is 1. The summed E-state index contributed by atoms with van der Waals surface area (Å²) >= 11 is 0. The Morgan fingerprint density at radius 1 is 1.72 bits per heavy atom. The minimum atomic E-state index is -0.997. The molecule has 18 heavy (non-hydrogen) atoms. The number of carbonyl (C=O) groups is 1. The Bertz CT molecular complexity index is 485. The number of hydrogen-bond acceptors (Lipinski definition) is 6. The molecule has 2 unspecified atom stereocenters. The number of ether oxygens (including phenoxy) is 1. The number of hydrogen-bond donors (Lipinski definition) is 2. The third-order valence-electron chi connectivity index (χ3n) is 2.73. The van der Waals surface area contributed by atoms with Crippen LogP contribution in [0.3, 0.4) is 0 Å². The van der Waals surface area contributed by atoms with Crippen molar-refractivity contribution < 1.29 is 19.6 Å². The zero-order valence-corrected chi connectivity index (χ0v) is 9.57. The van der Waals surface area contributed by atoms with Gasteiger partial charge in [0.2, 0.25) is 5.82 Å². The van der Waals surface area contributed by atoms with Crippen molar-refractivity contribution in [2.24, 2.45) is 13.0 Å². The van der Waals surface area contributed by atoms with Crippen molar-refractivity contribution in [2.75, 3.05) is 18.5 Å². The number of carboxylic acid groups (broad SMARTS) is 1. The Balaban J connectivity index is 2.18. The van der Waals surface area contributed by atoms with Crippen LogP contribution in [-0.4, -0.2) is 45.0 Å². The van der Waals surface area contributed by atoms with Gasteiger partial charge >= 0.3 is 11.7 Å². The second kappa shape index (κ2) is 4.61. The van der Waals surface area contributed by atoms with Gasteiger partial charge in [0, 0.05) is 7.05 Å². The van der Waals surface area contributed by atoms with Crippen LogP contribution in [0.2, 0.25) is 0 Å². The van der Waals surface area contributed by atoms with Gasteiger partial charge in [0.15, 0.2) is 0 Å². The lowest BCUT2D eigenvalue weighted by Crippen LogP contribution is -2.33. The number of nitrogens with one attached hydrogen (secondary N) is 1.